The van der Waals surface area contributed by atoms with E-state index >= 15 is 0 Å². The Morgan fingerprint density at radius 2 is 0.372 bits per heavy atom. The van der Waals surface area contributed by atoms with E-state index in [0.29, 0.717) is 5.82 Å². The van der Waals surface area contributed by atoms with E-state index < -0.39 is 16.1 Å². The van der Waals surface area contributed by atoms with Gasteiger partial charge in [-0.05, 0) is 92.1 Å². The number of aromatic nitrogens is 2. The predicted octanol–water partition coefficient (Wildman–Crippen LogP) is 14.9. The first-order valence-electron chi connectivity index (χ1n) is 29.5. The van der Waals surface area contributed by atoms with Crippen molar-refractivity contribution in [3.05, 3.63) is 364 Å². The van der Waals surface area contributed by atoms with Crippen LogP contribution >= 0.6 is 0 Å². The summed E-state index contributed by atoms with van der Waals surface area (Å²) in [7, 11) is -7.04. The number of nitrogens with zero attached hydrogens (tertiary/aromatic N) is 2. The minimum absolute atomic E-state index is 0.660. The van der Waals surface area contributed by atoms with Gasteiger partial charge in [0.25, 0.3) is 0 Å². The summed E-state index contributed by atoms with van der Waals surface area (Å²) in [6.45, 7) is 0. The third-order valence-corrected chi connectivity index (χ3v) is 26.4. The monoisotopic (exact) mass is 1130 g/mol. The predicted molar refractivity (Wildman–Crippen MR) is 367 cm³/mol. The zero-order valence-corrected chi connectivity index (χ0v) is 49.5. The minimum Gasteiger partial charge on any atom is -0.228 e. The van der Waals surface area contributed by atoms with Crippen LogP contribution in [0.5, 0.6) is 0 Å². The molecule has 0 bridgehead atoms. The van der Waals surface area contributed by atoms with Crippen LogP contribution in [0, 0.1) is 0 Å². The van der Waals surface area contributed by atoms with E-state index in [4.69, 9.17) is 9.97 Å². The van der Waals surface area contributed by atoms with Crippen molar-refractivity contribution in [1.82, 2.24) is 9.97 Å². The standard InChI is InChI=1S/C82H60N2Si2/c1-9-29-61(30-10-1)67-41-25-49-74(53-67)85(72-45-21-7-22-46-72,75-50-26-42-68(54-75)62-31-11-2-12-32-62)78-57-71(82-83-80(65-37-17-5-18-38-65)60-81(84-82)66-39-19-6-20-40-66)58-79(59-78)86(73-47-23-8-24-48-73,76-51-27-43-69(55-76)63-33-13-3-14-34-63)77-52-28-44-70(56-77)64-35-15-4-16-36-64/h1-60H. The van der Waals surface area contributed by atoms with Crippen molar-refractivity contribution in [2.75, 3.05) is 0 Å². The molecule has 2 nitrogen and oxygen atoms in total. The van der Waals surface area contributed by atoms with E-state index in [9.17, 15) is 0 Å². The summed E-state index contributed by atoms with van der Waals surface area (Å²) in [5, 5.41) is 10.1. The van der Waals surface area contributed by atoms with Gasteiger partial charge in [-0.3, -0.25) is 0 Å². The molecule has 0 aliphatic heterocycles. The van der Waals surface area contributed by atoms with Crippen LogP contribution in [-0.2, 0) is 0 Å². The maximum Gasteiger partial charge on any atom is 0.179 e. The van der Waals surface area contributed by atoms with Crippen molar-refractivity contribution in [1.29, 1.82) is 0 Å². The van der Waals surface area contributed by atoms with Crippen LogP contribution in [0.15, 0.2) is 364 Å². The van der Waals surface area contributed by atoms with E-state index in [1.165, 1.54) is 86.0 Å². The molecular weight excluding hydrogens is 1070 g/mol. The molecular formula is C82H60N2Si2. The van der Waals surface area contributed by atoms with Crippen molar-refractivity contribution in [3.8, 4) is 78.4 Å². The molecule has 406 valence electrons. The maximum absolute atomic E-state index is 5.72. The second kappa shape index (κ2) is 23.9. The molecule has 0 unspecified atom stereocenters. The fourth-order valence-electron chi connectivity index (χ4n) is 12.9. The highest BCUT2D eigenvalue weighted by Gasteiger charge is 2.47. The molecule has 0 saturated carbocycles. The van der Waals surface area contributed by atoms with Gasteiger partial charge in [-0.2, -0.15) is 0 Å². The van der Waals surface area contributed by atoms with Crippen LogP contribution in [0.2, 0.25) is 0 Å². The number of rotatable bonds is 15. The summed E-state index contributed by atoms with van der Waals surface area (Å²) >= 11 is 0. The lowest BCUT2D eigenvalue weighted by Gasteiger charge is -2.39. The average Bonchev–Trinajstić information content (AvgIpc) is 0.967. The maximum atomic E-state index is 5.72. The first kappa shape index (κ1) is 53.4. The van der Waals surface area contributed by atoms with Gasteiger partial charge in [0, 0.05) is 16.7 Å². The van der Waals surface area contributed by atoms with Gasteiger partial charge in [-0.15, -0.1) is 0 Å². The lowest BCUT2D eigenvalue weighted by molar-refractivity contribution is 1.18. The van der Waals surface area contributed by atoms with Crippen LogP contribution in [-0.4, -0.2) is 26.1 Å². The Morgan fingerprint density at radius 1 is 0.151 bits per heavy atom. The van der Waals surface area contributed by atoms with E-state index in [1.807, 2.05) is 0 Å². The lowest BCUT2D eigenvalue weighted by Crippen LogP contribution is -2.78. The van der Waals surface area contributed by atoms with Gasteiger partial charge in [-0.25, -0.2) is 9.97 Å². The van der Waals surface area contributed by atoms with Crippen LogP contribution in [0.4, 0.5) is 0 Å². The Bertz CT molecular complexity index is 4150. The van der Waals surface area contributed by atoms with E-state index in [2.05, 4.69) is 364 Å². The second-order valence-electron chi connectivity index (χ2n) is 22.0. The molecule has 0 N–H and O–H groups in total. The Hall–Kier alpha value is -10.6. The summed E-state index contributed by atoms with van der Waals surface area (Å²) < 4.78 is 0. The van der Waals surface area contributed by atoms with Gasteiger partial charge in [0.2, 0.25) is 0 Å². The van der Waals surface area contributed by atoms with Gasteiger partial charge in [-0.1, -0.05) is 358 Å². The zero-order valence-electron chi connectivity index (χ0n) is 47.5. The summed E-state index contributed by atoms with van der Waals surface area (Å²) in [5.41, 5.74) is 14.1. The average molecular weight is 1130 g/mol. The van der Waals surface area contributed by atoms with Crippen molar-refractivity contribution in [2.45, 2.75) is 0 Å². The number of benzene rings is 13. The van der Waals surface area contributed by atoms with Crippen molar-refractivity contribution in [3.63, 3.8) is 0 Å². The molecule has 0 radical (unpaired) electrons. The van der Waals surface area contributed by atoms with E-state index in [0.717, 1.165) is 28.1 Å². The van der Waals surface area contributed by atoms with Crippen LogP contribution < -0.4 is 41.5 Å². The number of hydrogen-bond acceptors (Lipinski definition) is 2. The fraction of sp³-hybridized carbons (Fsp3) is 0. The fourth-order valence-corrected chi connectivity index (χ4v) is 22.8. The first-order chi connectivity index (χ1) is 42.6. The molecule has 1 heterocycles. The minimum atomic E-state index is -3.52. The molecule has 0 amide bonds. The second-order valence-corrected chi connectivity index (χ2v) is 29.6. The Labute approximate surface area is 506 Å². The van der Waals surface area contributed by atoms with Gasteiger partial charge in [0.1, 0.15) is 0 Å². The SMILES string of the molecule is c1ccc(-c2cccc([Si](c3ccccc3)(c3cccc(-c4ccccc4)c3)c3cc(-c4nc(-c5ccccc5)cc(-c5ccccc5)n4)cc([Si](c4ccccc4)(c4cccc(-c5ccccc5)c4)c4cccc(-c5ccccc5)c4)c3)c2)cc1. The summed E-state index contributed by atoms with van der Waals surface area (Å²) in [6.07, 6.45) is 0. The van der Waals surface area contributed by atoms with Crippen LogP contribution in [0.3, 0.4) is 0 Å². The summed E-state index contributed by atoms with van der Waals surface area (Å²) in [5.74, 6) is 0.660. The molecule has 14 aromatic rings. The lowest BCUT2D eigenvalue weighted by atomic mass is 10.1. The highest BCUT2D eigenvalue weighted by molar-refractivity contribution is 7.22. The Kier molecular flexibility index (Phi) is 14.8. The molecule has 13 aromatic carbocycles. The van der Waals surface area contributed by atoms with Crippen LogP contribution in [0.25, 0.3) is 78.4 Å². The van der Waals surface area contributed by atoms with Crippen molar-refractivity contribution >= 4 is 57.6 Å². The Morgan fingerprint density at radius 3 is 0.651 bits per heavy atom. The molecule has 0 aliphatic carbocycles. The van der Waals surface area contributed by atoms with Gasteiger partial charge in [0.15, 0.2) is 22.0 Å². The zero-order chi connectivity index (χ0) is 57.5. The van der Waals surface area contributed by atoms with E-state index in [-0.39, 0.29) is 0 Å². The van der Waals surface area contributed by atoms with E-state index in [1.54, 1.807) is 0 Å². The van der Waals surface area contributed by atoms with Gasteiger partial charge >= 0.3 is 0 Å². The molecule has 0 saturated heterocycles. The highest BCUT2D eigenvalue weighted by atomic mass is 28.3. The molecule has 0 aliphatic rings. The smallest absolute Gasteiger partial charge is 0.179 e. The third-order valence-electron chi connectivity index (χ3n) is 16.9. The molecule has 86 heavy (non-hydrogen) atoms. The first-order valence-corrected chi connectivity index (χ1v) is 33.5. The Balaban J connectivity index is 1.18. The quantitative estimate of drug-likeness (QED) is 0.0755. The third kappa shape index (κ3) is 10.3. The van der Waals surface area contributed by atoms with Gasteiger partial charge in [0.05, 0.1) is 11.4 Å². The van der Waals surface area contributed by atoms with Gasteiger partial charge < -0.3 is 0 Å². The largest absolute Gasteiger partial charge is 0.228 e. The topological polar surface area (TPSA) is 25.8 Å². The normalized spacial score (nSPS) is 11.5. The highest BCUT2D eigenvalue weighted by Crippen LogP contribution is 2.31. The molecule has 0 atom stereocenters. The van der Waals surface area contributed by atoms with Crippen molar-refractivity contribution < 1.29 is 0 Å². The molecule has 0 fully saturated rings. The molecule has 14 rings (SSSR count). The number of hydrogen-bond donors (Lipinski definition) is 0. The summed E-state index contributed by atoms with van der Waals surface area (Å²) in [6, 6.07) is 135. The van der Waals surface area contributed by atoms with Crippen molar-refractivity contribution in [2.24, 2.45) is 0 Å². The van der Waals surface area contributed by atoms with Crippen LogP contribution in [0.1, 0.15) is 0 Å². The molecule has 4 heteroatoms. The summed E-state index contributed by atoms with van der Waals surface area (Å²) in [4.78, 5) is 11.4. The molecule has 0 spiro atoms. The molecule has 1 aromatic heterocycles.